The van der Waals surface area contributed by atoms with E-state index in [9.17, 15) is 4.79 Å². The number of hydrogen-bond acceptors (Lipinski definition) is 4. The van der Waals surface area contributed by atoms with Crippen LogP contribution in [0.4, 0.5) is 0 Å². The van der Waals surface area contributed by atoms with Crippen molar-refractivity contribution in [1.82, 2.24) is 15.6 Å². The molecule has 1 amide bonds. The van der Waals surface area contributed by atoms with Crippen molar-refractivity contribution in [2.24, 2.45) is 5.92 Å². The quantitative estimate of drug-likeness (QED) is 0.702. The van der Waals surface area contributed by atoms with Crippen LogP contribution in [0.1, 0.15) is 11.7 Å². The van der Waals surface area contributed by atoms with E-state index in [1.54, 1.807) is 6.20 Å². The predicted molar refractivity (Wildman–Crippen MR) is 49.4 cm³/mol. The highest BCUT2D eigenvalue weighted by atomic mass is 16.4. The molecular formula is C9H13N3O2. The van der Waals surface area contributed by atoms with Crippen LogP contribution < -0.4 is 10.6 Å². The number of amides is 1. The topological polar surface area (TPSA) is 67.2 Å². The molecule has 2 heterocycles. The zero-order valence-corrected chi connectivity index (χ0v) is 8.04. The molecule has 76 valence electrons. The molecule has 0 atom stereocenters. The van der Waals surface area contributed by atoms with Gasteiger partial charge in [0, 0.05) is 13.1 Å². The van der Waals surface area contributed by atoms with Gasteiger partial charge in [0.05, 0.1) is 18.7 Å². The second-order valence-electron chi connectivity index (χ2n) is 3.44. The van der Waals surface area contributed by atoms with Gasteiger partial charge in [-0.25, -0.2) is 4.98 Å². The van der Waals surface area contributed by atoms with Crippen LogP contribution in [0, 0.1) is 12.8 Å². The fourth-order valence-electron chi connectivity index (χ4n) is 1.26. The number of nitrogens with zero attached hydrogens (tertiary/aromatic N) is 1. The molecule has 0 saturated carbocycles. The van der Waals surface area contributed by atoms with Gasteiger partial charge in [0.25, 0.3) is 0 Å². The maximum absolute atomic E-state index is 11.4. The molecule has 5 heteroatoms. The lowest BCUT2D eigenvalue weighted by atomic mass is 10.0. The molecule has 2 N–H and O–H groups in total. The van der Waals surface area contributed by atoms with Crippen LogP contribution in [0.3, 0.4) is 0 Å². The van der Waals surface area contributed by atoms with Crippen molar-refractivity contribution in [3.63, 3.8) is 0 Å². The highest BCUT2D eigenvalue weighted by Crippen LogP contribution is 2.04. The molecule has 0 aromatic carbocycles. The molecule has 5 nitrogen and oxygen atoms in total. The van der Waals surface area contributed by atoms with E-state index < -0.39 is 0 Å². The van der Waals surface area contributed by atoms with E-state index >= 15 is 0 Å². The van der Waals surface area contributed by atoms with Crippen LogP contribution in [-0.4, -0.2) is 24.0 Å². The summed E-state index contributed by atoms with van der Waals surface area (Å²) in [6.07, 6.45) is 1.65. The summed E-state index contributed by atoms with van der Waals surface area (Å²) >= 11 is 0. The molecule has 0 aliphatic carbocycles. The number of hydrogen-bond donors (Lipinski definition) is 2. The number of rotatable bonds is 3. The molecule has 0 radical (unpaired) electrons. The third-order valence-corrected chi connectivity index (χ3v) is 2.24. The number of carbonyl (C=O) groups is 1. The lowest BCUT2D eigenvalue weighted by Crippen LogP contribution is -2.50. The Morgan fingerprint density at radius 3 is 3.07 bits per heavy atom. The summed E-state index contributed by atoms with van der Waals surface area (Å²) in [6.45, 7) is 3.75. The Morgan fingerprint density at radius 1 is 1.79 bits per heavy atom. The van der Waals surface area contributed by atoms with Gasteiger partial charge in [0.1, 0.15) is 5.76 Å². The fourth-order valence-corrected chi connectivity index (χ4v) is 1.26. The van der Waals surface area contributed by atoms with Crippen LogP contribution in [0.15, 0.2) is 10.6 Å². The third kappa shape index (κ3) is 1.93. The molecule has 0 unspecified atom stereocenters. The normalized spacial score (nSPS) is 16.4. The van der Waals surface area contributed by atoms with Gasteiger partial charge in [-0.2, -0.15) is 0 Å². The van der Waals surface area contributed by atoms with Crippen LogP contribution in [0.25, 0.3) is 0 Å². The minimum absolute atomic E-state index is 0.0691. The lowest BCUT2D eigenvalue weighted by molar-refractivity contribution is -0.126. The van der Waals surface area contributed by atoms with E-state index in [-0.39, 0.29) is 11.8 Å². The average molecular weight is 195 g/mol. The summed E-state index contributed by atoms with van der Waals surface area (Å²) in [5.41, 5.74) is 0. The van der Waals surface area contributed by atoms with Crippen LogP contribution in [-0.2, 0) is 11.3 Å². The summed E-state index contributed by atoms with van der Waals surface area (Å²) in [5, 5.41) is 5.82. The van der Waals surface area contributed by atoms with E-state index in [1.807, 2.05) is 6.92 Å². The smallest absolute Gasteiger partial charge is 0.226 e. The van der Waals surface area contributed by atoms with Gasteiger partial charge in [-0.1, -0.05) is 0 Å². The first-order valence-electron chi connectivity index (χ1n) is 4.65. The van der Waals surface area contributed by atoms with Crippen LogP contribution >= 0.6 is 0 Å². The van der Waals surface area contributed by atoms with Gasteiger partial charge in [0.15, 0.2) is 0 Å². The zero-order valence-electron chi connectivity index (χ0n) is 8.04. The number of aromatic nitrogens is 1. The Labute approximate surface area is 81.9 Å². The molecule has 1 saturated heterocycles. The first kappa shape index (κ1) is 9.21. The predicted octanol–water partition coefficient (Wildman–Crippen LogP) is -0.181. The van der Waals surface area contributed by atoms with Crippen molar-refractivity contribution in [3.8, 4) is 0 Å². The maximum Gasteiger partial charge on any atom is 0.226 e. The Morgan fingerprint density at radius 2 is 2.57 bits per heavy atom. The van der Waals surface area contributed by atoms with Gasteiger partial charge >= 0.3 is 0 Å². The first-order valence-corrected chi connectivity index (χ1v) is 4.65. The minimum atomic E-state index is 0.0691. The SMILES string of the molecule is Cc1cnc(CNC(=O)C2CNC2)o1. The molecule has 0 bridgehead atoms. The Bertz CT molecular complexity index is 331. The number of oxazole rings is 1. The van der Waals surface area contributed by atoms with Crippen molar-refractivity contribution >= 4 is 5.91 Å². The van der Waals surface area contributed by atoms with Gasteiger partial charge in [-0.3, -0.25) is 4.79 Å². The number of aryl methyl sites for hydroxylation is 1. The van der Waals surface area contributed by atoms with Crippen LogP contribution in [0.2, 0.25) is 0 Å². The van der Waals surface area contributed by atoms with Crippen LogP contribution in [0.5, 0.6) is 0 Å². The van der Waals surface area contributed by atoms with Crippen molar-refractivity contribution in [2.75, 3.05) is 13.1 Å². The van der Waals surface area contributed by atoms with E-state index in [0.29, 0.717) is 12.4 Å². The number of carbonyl (C=O) groups excluding carboxylic acids is 1. The van der Waals surface area contributed by atoms with Gasteiger partial charge in [-0.05, 0) is 6.92 Å². The molecule has 1 aromatic rings. The Hall–Kier alpha value is -1.36. The average Bonchev–Trinajstić information content (AvgIpc) is 2.45. The van der Waals surface area contributed by atoms with E-state index in [2.05, 4.69) is 15.6 Å². The molecular weight excluding hydrogens is 182 g/mol. The second-order valence-corrected chi connectivity index (χ2v) is 3.44. The highest BCUT2D eigenvalue weighted by molar-refractivity contribution is 5.79. The largest absolute Gasteiger partial charge is 0.444 e. The maximum atomic E-state index is 11.4. The summed E-state index contributed by atoms with van der Waals surface area (Å²) in [7, 11) is 0. The van der Waals surface area contributed by atoms with Crippen molar-refractivity contribution in [2.45, 2.75) is 13.5 Å². The third-order valence-electron chi connectivity index (χ3n) is 2.24. The molecule has 1 aliphatic heterocycles. The Balaban J connectivity index is 1.79. The van der Waals surface area contributed by atoms with Gasteiger partial charge in [0.2, 0.25) is 11.8 Å². The Kier molecular flexibility index (Phi) is 2.49. The summed E-state index contributed by atoms with van der Waals surface area (Å²) in [5.74, 6) is 1.51. The van der Waals surface area contributed by atoms with Crippen molar-refractivity contribution < 1.29 is 9.21 Å². The van der Waals surface area contributed by atoms with Gasteiger partial charge in [-0.15, -0.1) is 0 Å². The molecule has 1 aromatic heterocycles. The molecule has 14 heavy (non-hydrogen) atoms. The van der Waals surface area contributed by atoms with Crippen molar-refractivity contribution in [1.29, 1.82) is 0 Å². The summed E-state index contributed by atoms with van der Waals surface area (Å²) in [4.78, 5) is 15.4. The standard InChI is InChI=1S/C9H13N3O2/c1-6-2-11-8(14-6)5-12-9(13)7-3-10-4-7/h2,7,10H,3-5H2,1H3,(H,12,13). The lowest BCUT2D eigenvalue weighted by Gasteiger charge is -2.25. The number of nitrogens with one attached hydrogen (secondary N) is 2. The molecule has 0 spiro atoms. The molecule has 1 aliphatic rings. The summed E-state index contributed by atoms with van der Waals surface area (Å²) < 4.78 is 5.22. The minimum Gasteiger partial charge on any atom is -0.444 e. The van der Waals surface area contributed by atoms with E-state index in [0.717, 1.165) is 18.8 Å². The van der Waals surface area contributed by atoms with Crippen molar-refractivity contribution in [3.05, 3.63) is 17.8 Å². The highest BCUT2D eigenvalue weighted by Gasteiger charge is 2.24. The van der Waals surface area contributed by atoms with Gasteiger partial charge < -0.3 is 15.1 Å². The first-order chi connectivity index (χ1) is 6.75. The van der Waals surface area contributed by atoms with E-state index in [4.69, 9.17) is 4.42 Å². The monoisotopic (exact) mass is 195 g/mol. The van der Waals surface area contributed by atoms with E-state index in [1.165, 1.54) is 0 Å². The molecule has 2 rings (SSSR count). The fraction of sp³-hybridized carbons (Fsp3) is 0.556. The molecule has 1 fully saturated rings. The second kappa shape index (κ2) is 3.79. The zero-order chi connectivity index (χ0) is 9.97. The summed E-state index contributed by atoms with van der Waals surface area (Å²) in [6, 6.07) is 0.